The van der Waals surface area contributed by atoms with Gasteiger partial charge in [0.1, 0.15) is 5.82 Å². The van der Waals surface area contributed by atoms with Crippen molar-refractivity contribution in [2.45, 2.75) is 0 Å². The standard InChI is InChI=1S/C7H7FN2O2/c8-6-3-4(9)1-2-5(6)7(11)10-12/h1-3,12H,9H2,(H,10,11). The van der Waals surface area contributed by atoms with Gasteiger partial charge in [-0.25, -0.2) is 9.87 Å². The highest BCUT2D eigenvalue weighted by atomic mass is 19.1. The molecule has 4 nitrogen and oxygen atoms in total. The number of nitrogens with two attached hydrogens (primary N) is 1. The molecule has 0 saturated carbocycles. The van der Waals surface area contributed by atoms with Crippen LogP contribution in [0.4, 0.5) is 10.1 Å². The molecule has 1 amide bonds. The number of anilines is 1. The molecule has 0 unspecified atom stereocenters. The first kappa shape index (κ1) is 8.48. The Bertz CT molecular complexity index is 314. The molecule has 64 valence electrons. The SMILES string of the molecule is Nc1ccc(C(=O)NO)c(F)c1. The van der Waals surface area contributed by atoms with Gasteiger partial charge >= 0.3 is 0 Å². The second kappa shape index (κ2) is 3.19. The van der Waals surface area contributed by atoms with Crippen LogP contribution >= 0.6 is 0 Å². The number of carbonyl (C=O) groups is 1. The van der Waals surface area contributed by atoms with Gasteiger partial charge < -0.3 is 5.73 Å². The number of amides is 1. The summed E-state index contributed by atoms with van der Waals surface area (Å²) >= 11 is 0. The number of benzene rings is 1. The van der Waals surface area contributed by atoms with E-state index in [4.69, 9.17) is 10.9 Å². The Morgan fingerprint density at radius 1 is 1.58 bits per heavy atom. The minimum absolute atomic E-state index is 0.224. The Morgan fingerprint density at radius 2 is 2.25 bits per heavy atom. The number of nitrogen functional groups attached to an aromatic ring is 1. The third kappa shape index (κ3) is 1.51. The lowest BCUT2D eigenvalue weighted by molar-refractivity contribution is 0.0702. The number of rotatable bonds is 1. The van der Waals surface area contributed by atoms with Crippen molar-refractivity contribution < 1.29 is 14.4 Å². The average Bonchev–Trinajstić information content (AvgIpc) is 2.03. The van der Waals surface area contributed by atoms with Crippen LogP contribution in [0, 0.1) is 5.82 Å². The molecule has 0 radical (unpaired) electrons. The molecule has 0 spiro atoms. The van der Waals surface area contributed by atoms with Crippen LogP contribution in [0.3, 0.4) is 0 Å². The summed E-state index contributed by atoms with van der Waals surface area (Å²) in [6.07, 6.45) is 0. The molecule has 0 fully saturated rings. The summed E-state index contributed by atoms with van der Waals surface area (Å²) in [6, 6.07) is 3.56. The lowest BCUT2D eigenvalue weighted by atomic mass is 10.2. The number of carbonyl (C=O) groups excluding carboxylic acids is 1. The second-order valence-electron chi connectivity index (χ2n) is 2.18. The smallest absolute Gasteiger partial charge is 0.277 e. The van der Waals surface area contributed by atoms with Crippen LogP contribution in [0.1, 0.15) is 10.4 Å². The van der Waals surface area contributed by atoms with Crippen molar-refractivity contribution in [1.82, 2.24) is 5.48 Å². The Hall–Kier alpha value is -1.62. The average molecular weight is 170 g/mol. The number of hydroxylamine groups is 1. The van der Waals surface area contributed by atoms with Crippen LogP contribution < -0.4 is 11.2 Å². The zero-order valence-electron chi connectivity index (χ0n) is 6.04. The van der Waals surface area contributed by atoms with Gasteiger partial charge in [-0.2, -0.15) is 0 Å². The highest BCUT2D eigenvalue weighted by Gasteiger charge is 2.09. The molecule has 1 aromatic rings. The lowest BCUT2D eigenvalue weighted by Crippen LogP contribution is -2.19. The first-order valence-electron chi connectivity index (χ1n) is 3.14. The van der Waals surface area contributed by atoms with Crippen molar-refractivity contribution in [2.24, 2.45) is 0 Å². The largest absolute Gasteiger partial charge is 0.399 e. The summed E-state index contributed by atoms with van der Waals surface area (Å²) in [5, 5.41) is 8.18. The normalized spacial score (nSPS) is 9.50. The molecule has 0 heterocycles. The van der Waals surface area contributed by atoms with E-state index in [2.05, 4.69) is 0 Å². The molecule has 4 N–H and O–H groups in total. The fourth-order valence-electron chi connectivity index (χ4n) is 0.776. The summed E-state index contributed by atoms with van der Waals surface area (Å²) in [6.45, 7) is 0. The lowest BCUT2D eigenvalue weighted by Gasteiger charge is -2.00. The van der Waals surface area contributed by atoms with Crippen LogP contribution in [-0.2, 0) is 0 Å². The van der Waals surface area contributed by atoms with Crippen LogP contribution in [0.2, 0.25) is 0 Å². The third-order valence-electron chi connectivity index (χ3n) is 1.34. The van der Waals surface area contributed by atoms with E-state index < -0.39 is 11.7 Å². The number of hydrogen-bond donors (Lipinski definition) is 3. The topological polar surface area (TPSA) is 75.4 Å². The molecule has 0 saturated heterocycles. The Morgan fingerprint density at radius 3 is 2.75 bits per heavy atom. The molecule has 0 aliphatic carbocycles. The van der Waals surface area contributed by atoms with Gasteiger partial charge in [0.25, 0.3) is 5.91 Å². The van der Waals surface area contributed by atoms with Gasteiger partial charge in [0.2, 0.25) is 0 Å². The minimum atomic E-state index is -0.896. The van der Waals surface area contributed by atoms with Crippen LogP contribution in [-0.4, -0.2) is 11.1 Å². The molecule has 1 aromatic carbocycles. The van der Waals surface area contributed by atoms with Crippen LogP contribution in [0.25, 0.3) is 0 Å². The Kier molecular flexibility index (Phi) is 2.25. The molecule has 0 aliphatic heterocycles. The molecule has 0 aromatic heterocycles. The predicted octanol–water partition coefficient (Wildman–Crippen LogP) is 0.527. The summed E-state index contributed by atoms with van der Waals surface area (Å²) in [5.74, 6) is -1.66. The fourth-order valence-corrected chi connectivity index (χ4v) is 0.776. The maximum atomic E-state index is 12.8. The molecule has 12 heavy (non-hydrogen) atoms. The van der Waals surface area contributed by atoms with Gasteiger partial charge in [-0.15, -0.1) is 0 Å². The Balaban J connectivity index is 3.09. The van der Waals surface area contributed by atoms with Crippen molar-refractivity contribution in [3.8, 4) is 0 Å². The van der Waals surface area contributed by atoms with Gasteiger partial charge in [-0.05, 0) is 18.2 Å². The monoisotopic (exact) mass is 170 g/mol. The quantitative estimate of drug-likeness (QED) is 0.327. The first-order chi connectivity index (χ1) is 5.65. The third-order valence-corrected chi connectivity index (χ3v) is 1.34. The number of hydrogen-bond acceptors (Lipinski definition) is 3. The zero-order valence-corrected chi connectivity index (χ0v) is 6.04. The van der Waals surface area contributed by atoms with Gasteiger partial charge in [-0.1, -0.05) is 0 Å². The minimum Gasteiger partial charge on any atom is -0.399 e. The highest BCUT2D eigenvalue weighted by molar-refractivity contribution is 5.93. The molecule has 5 heteroatoms. The molecule has 0 aliphatic rings. The molecule has 1 rings (SSSR count). The summed E-state index contributed by atoms with van der Waals surface area (Å²) in [5.41, 5.74) is 6.54. The van der Waals surface area contributed by atoms with E-state index in [1.54, 1.807) is 0 Å². The van der Waals surface area contributed by atoms with E-state index in [0.29, 0.717) is 0 Å². The van der Waals surface area contributed by atoms with Crippen molar-refractivity contribution in [2.75, 3.05) is 5.73 Å². The van der Waals surface area contributed by atoms with Crippen molar-refractivity contribution in [3.63, 3.8) is 0 Å². The van der Waals surface area contributed by atoms with Crippen molar-refractivity contribution in [1.29, 1.82) is 0 Å². The number of halogens is 1. The van der Waals surface area contributed by atoms with E-state index >= 15 is 0 Å². The van der Waals surface area contributed by atoms with Crippen molar-refractivity contribution >= 4 is 11.6 Å². The van der Waals surface area contributed by atoms with Crippen LogP contribution in [0.5, 0.6) is 0 Å². The number of nitrogens with one attached hydrogen (secondary N) is 1. The van der Waals surface area contributed by atoms with E-state index in [-0.39, 0.29) is 11.3 Å². The maximum absolute atomic E-state index is 12.8. The predicted molar refractivity (Wildman–Crippen MR) is 40.1 cm³/mol. The fraction of sp³-hybridized carbons (Fsp3) is 0. The second-order valence-corrected chi connectivity index (χ2v) is 2.18. The van der Waals surface area contributed by atoms with E-state index in [1.165, 1.54) is 17.6 Å². The van der Waals surface area contributed by atoms with E-state index in [1.807, 2.05) is 0 Å². The highest BCUT2D eigenvalue weighted by Crippen LogP contribution is 2.10. The van der Waals surface area contributed by atoms with Crippen LogP contribution in [0.15, 0.2) is 18.2 Å². The molecular weight excluding hydrogens is 163 g/mol. The molecular formula is C7H7FN2O2. The summed E-state index contributed by atoms with van der Waals surface area (Å²) < 4.78 is 12.8. The van der Waals surface area contributed by atoms with Gasteiger partial charge in [-0.3, -0.25) is 10.0 Å². The Labute approximate surface area is 67.8 Å². The maximum Gasteiger partial charge on any atom is 0.277 e. The van der Waals surface area contributed by atoms with Gasteiger partial charge in [0, 0.05) is 5.69 Å². The molecule has 0 bridgehead atoms. The zero-order chi connectivity index (χ0) is 9.14. The molecule has 0 atom stereocenters. The van der Waals surface area contributed by atoms with Crippen molar-refractivity contribution in [3.05, 3.63) is 29.6 Å². The van der Waals surface area contributed by atoms with Gasteiger partial charge in [0.15, 0.2) is 0 Å². The van der Waals surface area contributed by atoms with E-state index in [0.717, 1.165) is 6.07 Å². The van der Waals surface area contributed by atoms with Gasteiger partial charge in [0.05, 0.1) is 5.56 Å². The first-order valence-corrected chi connectivity index (χ1v) is 3.14. The summed E-state index contributed by atoms with van der Waals surface area (Å²) in [7, 11) is 0. The van der Waals surface area contributed by atoms with E-state index in [9.17, 15) is 9.18 Å². The summed E-state index contributed by atoms with van der Waals surface area (Å²) in [4.78, 5) is 10.7.